The molecule has 104 valence electrons. The summed E-state index contributed by atoms with van der Waals surface area (Å²) in [6, 6.07) is 19.6. The molecule has 2 unspecified atom stereocenters. The fourth-order valence-electron chi connectivity index (χ4n) is 3.20. The summed E-state index contributed by atoms with van der Waals surface area (Å²) < 4.78 is 5.53. The molecule has 2 aromatic carbocycles. The Balaban J connectivity index is 1.82. The highest BCUT2D eigenvalue weighted by molar-refractivity contribution is 5.38. The fraction of sp³-hybridized carbons (Fsp3) is 0.333. The Hall–Kier alpha value is -1.80. The quantitative estimate of drug-likeness (QED) is 0.917. The van der Waals surface area contributed by atoms with Crippen LogP contribution >= 0.6 is 0 Å². The van der Waals surface area contributed by atoms with Crippen LogP contribution in [0, 0.1) is 0 Å². The third-order valence-corrected chi connectivity index (χ3v) is 4.18. The number of hydrogen-bond donors (Lipinski definition) is 1. The van der Waals surface area contributed by atoms with Crippen LogP contribution in [0.25, 0.3) is 0 Å². The van der Waals surface area contributed by atoms with Gasteiger partial charge in [-0.1, -0.05) is 48.5 Å². The van der Waals surface area contributed by atoms with Gasteiger partial charge in [0, 0.05) is 12.0 Å². The maximum Gasteiger partial charge on any atom is 0.122 e. The van der Waals surface area contributed by atoms with E-state index in [0.717, 1.165) is 18.7 Å². The zero-order chi connectivity index (χ0) is 13.8. The molecule has 20 heavy (non-hydrogen) atoms. The SMILES string of the molecule is COc1ccccc1C1CCNC1Cc1ccccc1. The molecular weight excluding hydrogens is 246 g/mol. The Morgan fingerprint density at radius 2 is 1.80 bits per heavy atom. The third kappa shape index (κ3) is 2.70. The summed E-state index contributed by atoms with van der Waals surface area (Å²) in [7, 11) is 1.76. The van der Waals surface area contributed by atoms with Gasteiger partial charge in [0.2, 0.25) is 0 Å². The van der Waals surface area contributed by atoms with Crippen LogP contribution in [0.3, 0.4) is 0 Å². The highest BCUT2D eigenvalue weighted by Gasteiger charge is 2.29. The lowest BCUT2D eigenvalue weighted by atomic mass is 9.88. The Bertz CT molecular complexity index is 552. The van der Waals surface area contributed by atoms with E-state index < -0.39 is 0 Å². The molecule has 2 heteroatoms. The Kier molecular flexibility index (Phi) is 4.03. The molecule has 2 atom stereocenters. The van der Waals surface area contributed by atoms with Gasteiger partial charge in [-0.3, -0.25) is 0 Å². The topological polar surface area (TPSA) is 21.3 Å². The molecule has 0 aromatic heterocycles. The van der Waals surface area contributed by atoms with Crippen molar-refractivity contribution in [2.75, 3.05) is 13.7 Å². The molecule has 0 aliphatic carbocycles. The molecule has 0 amide bonds. The second-order valence-electron chi connectivity index (χ2n) is 5.39. The maximum absolute atomic E-state index is 5.53. The molecule has 0 radical (unpaired) electrons. The molecule has 0 saturated carbocycles. The molecule has 0 bridgehead atoms. The van der Waals surface area contributed by atoms with E-state index in [1.165, 1.54) is 17.5 Å². The first kappa shape index (κ1) is 13.2. The van der Waals surface area contributed by atoms with Crippen molar-refractivity contribution in [3.63, 3.8) is 0 Å². The Morgan fingerprint density at radius 1 is 1.05 bits per heavy atom. The number of rotatable bonds is 4. The molecule has 2 nitrogen and oxygen atoms in total. The fourth-order valence-corrected chi connectivity index (χ4v) is 3.20. The van der Waals surface area contributed by atoms with Crippen molar-refractivity contribution in [3.8, 4) is 5.75 Å². The van der Waals surface area contributed by atoms with Gasteiger partial charge in [-0.25, -0.2) is 0 Å². The number of ether oxygens (including phenoxy) is 1. The van der Waals surface area contributed by atoms with Crippen LogP contribution in [0.4, 0.5) is 0 Å². The van der Waals surface area contributed by atoms with Crippen molar-refractivity contribution in [1.82, 2.24) is 5.32 Å². The number of nitrogens with one attached hydrogen (secondary N) is 1. The number of benzene rings is 2. The summed E-state index contributed by atoms with van der Waals surface area (Å²) in [4.78, 5) is 0. The van der Waals surface area contributed by atoms with Crippen LogP contribution in [-0.4, -0.2) is 19.7 Å². The number of para-hydroxylation sites is 1. The van der Waals surface area contributed by atoms with Gasteiger partial charge < -0.3 is 10.1 Å². The number of methoxy groups -OCH3 is 1. The normalized spacial score (nSPS) is 21.9. The molecular formula is C18H21NO. The molecule has 3 rings (SSSR count). The summed E-state index contributed by atoms with van der Waals surface area (Å²) in [5.74, 6) is 1.55. The van der Waals surface area contributed by atoms with E-state index in [2.05, 4.69) is 53.8 Å². The Morgan fingerprint density at radius 3 is 2.60 bits per heavy atom. The zero-order valence-electron chi connectivity index (χ0n) is 11.9. The second kappa shape index (κ2) is 6.10. The lowest BCUT2D eigenvalue weighted by Crippen LogP contribution is -2.28. The van der Waals surface area contributed by atoms with Gasteiger partial charge >= 0.3 is 0 Å². The van der Waals surface area contributed by atoms with E-state index in [1.807, 2.05) is 6.07 Å². The van der Waals surface area contributed by atoms with Crippen molar-refractivity contribution < 1.29 is 4.74 Å². The van der Waals surface area contributed by atoms with Crippen LogP contribution in [-0.2, 0) is 6.42 Å². The Labute approximate surface area is 120 Å². The molecule has 2 aromatic rings. The van der Waals surface area contributed by atoms with E-state index >= 15 is 0 Å². The molecule has 1 saturated heterocycles. The van der Waals surface area contributed by atoms with Gasteiger partial charge in [-0.15, -0.1) is 0 Å². The van der Waals surface area contributed by atoms with Gasteiger partial charge in [0.05, 0.1) is 7.11 Å². The van der Waals surface area contributed by atoms with Gasteiger partial charge in [-0.2, -0.15) is 0 Å². The highest BCUT2D eigenvalue weighted by Crippen LogP contribution is 2.35. The minimum absolute atomic E-state index is 0.494. The largest absolute Gasteiger partial charge is 0.496 e. The number of hydrogen-bond acceptors (Lipinski definition) is 2. The van der Waals surface area contributed by atoms with Gasteiger partial charge in [0.1, 0.15) is 5.75 Å². The zero-order valence-corrected chi connectivity index (χ0v) is 11.9. The summed E-state index contributed by atoms with van der Waals surface area (Å²) >= 11 is 0. The van der Waals surface area contributed by atoms with Crippen LogP contribution in [0.5, 0.6) is 5.75 Å². The molecule has 1 N–H and O–H groups in total. The minimum Gasteiger partial charge on any atom is -0.496 e. The van der Waals surface area contributed by atoms with Crippen LogP contribution < -0.4 is 10.1 Å². The summed E-state index contributed by atoms with van der Waals surface area (Å²) in [5, 5.41) is 3.65. The predicted octanol–water partition coefficient (Wildman–Crippen LogP) is 3.38. The first-order chi connectivity index (χ1) is 9.88. The lowest BCUT2D eigenvalue weighted by molar-refractivity contribution is 0.401. The monoisotopic (exact) mass is 267 g/mol. The lowest BCUT2D eigenvalue weighted by Gasteiger charge is -2.22. The van der Waals surface area contributed by atoms with Crippen molar-refractivity contribution in [2.24, 2.45) is 0 Å². The summed E-state index contributed by atoms with van der Waals surface area (Å²) in [6.07, 6.45) is 2.25. The first-order valence-electron chi connectivity index (χ1n) is 7.28. The van der Waals surface area contributed by atoms with Crippen LogP contribution in [0.15, 0.2) is 54.6 Å². The van der Waals surface area contributed by atoms with Crippen LogP contribution in [0.2, 0.25) is 0 Å². The molecule has 1 aliphatic heterocycles. The summed E-state index contributed by atoms with van der Waals surface area (Å²) in [5.41, 5.74) is 2.73. The van der Waals surface area contributed by atoms with Crippen molar-refractivity contribution >= 4 is 0 Å². The van der Waals surface area contributed by atoms with Gasteiger partial charge in [-0.05, 0) is 36.6 Å². The standard InChI is InChI=1S/C18H21NO/c1-20-18-10-6-5-9-16(18)15-11-12-19-17(15)13-14-7-3-2-4-8-14/h2-10,15,17,19H,11-13H2,1H3. The highest BCUT2D eigenvalue weighted by atomic mass is 16.5. The smallest absolute Gasteiger partial charge is 0.122 e. The van der Waals surface area contributed by atoms with Crippen molar-refractivity contribution in [3.05, 3.63) is 65.7 Å². The van der Waals surface area contributed by atoms with E-state index in [4.69, 9.17) is 4.74 Å². The average molecular weight is 267 g/mol. The molecule has 1 aliphatic rings. The maximum atomic E-state index is 5.53. The van der Waals surface area contributed by atoms with Gasteiger partial charge in [0.15, 0.2) is 0 Å². The van der Waals surface area contributed by atoms with Gasteiger partial charge in [0.25, 0.3) is 0 Å². The van der Waals surface area contributed by atoms with E-state index in [9.17, 15) is 0 Å². The average Bonchev–Trinajstić information content (AvgIpc) is 2.96. The van der Waals surface area contributed by atoms with E-state index in [1.54, 1.807) is 7.11 Å². The van der Waals surface area contributed by atoms with Crippen molar-refractivity contribution in [2.45, 2.75) is 24.8 Å². The molecule has 1 heterocycles. The summed E-state index contributed by atoms with van der Waals surface area (Å²) in [6.45, 7) is 1.08. The molecule has 1 fully saturated rings. The van der Waals surface area contributed by atoms with Crippen LogP contribution in [0.1, 0.15) is 23.5 Å². The predicted molar refractivity (Wildman–Crippen MR) is 82.3 cm³/mol. The third-order valence-electron chi connectivity index (χ3n) is 4.18. The second-order valence-corrected chi connectivity index (χ2v) is 5.39. The van der Waals surface area contributed by atoms with E-state index in [0.29, 0.717) is 12.0 Å². The van der Waals surface area contributed by atoms with Crippen molar-refractivity contribution in [1.29, 1.82) is 0 Å². The minimum atomic E-state index is 0.494. The molecule has 0 spiro atoms. The first-order valence-corrected chi connectivity index (χ1v) is 7.28. The van der Waals surface area contributed by atoms with E-state index in [-0.39, 0.29) is 0 Å².